The SMILES string of the molecule is CN(c1ccc2c(c1)c1ccccc1n2-c1ccc2ccccc2c1)c1cccc2ccccc12. The molecular weight excluding hydrogens is 424 g/mol. The van der Waals surface area contributed by atoms with Crippen molar-refractivity contribution in [2.75, 3.05) is 11.9 Å². The zero-order chi connectivity index (χ0) is 23.4. The minimum atomic E-state index is 1.18. The maximum absolute atomic E-state index is 2.39. The van der Waals surface area contributed by atoms with Gasteiger partial charge in [-0.15, -0.1) is 0 Å². The fourth-order valence-corrected chi connectivity index (χ4v) is 5.40. The van der Waals surface area contributed by atoms with Crippen LogP contribution in [0.3, 0.4) is 0 Å². The number of benzene rings is 6. The normalized spacial score (nSPS) is 11.6. The molecule has 0 aliphatic carbocycles. The topological polar surface area (TPSA) is 8.17 Å². The van der Waals surface area contributed by atoms with Gasteiger partial charge >= 0.3 is 0 Å². The van der Waals surface area contributed by atoms with Crippen LogP contribution in [0.15, 0.2) is 127 Å². The molecule has 1 heterocycles. The van der Waals surface area contributed by atoms with E-state index in [-0.39, 0.29) is 0 Å². The quantitative estimate of drug-likeness (QED) is 0.262. The van der Waals surface area contributed by atoms with E-state index in [1.165, 1.54) is 60.4 Å². The molecule has 0 saturated carbocycles. The summed E-state index contributed by atoms with van der Waals surface area (Å²) >= 11 is 0. The van der Waals surface area contributed by atoms with Crippen molar-refractivity contribution in [1.29, 1.82) is 0 Å². The highest BCUT2D eigenvalue weighted by Gasteiger charge is 2.15. The van der Waals surface area contributed by atoms with Crippen molar-refractivity contribution in [2.45, 2.75) is 0 Å². The lowest BCUT2D eigenvalue weighted by Crippen LogP contribution is -2.09. The average molecular weight is 449 g/mol. The molecule has 6 aromatic carbocycles. The van der Waals surface area contributed by atoms with Crippen LogP contribution < -0.4 is 4.90 Å². The van der Waals surface area contributed by atoms with Crippen LogP contribution in [0.1, 0.15) is 0 Å². The van der Waals surface area contributed by atoms with E-state index in [0.29, 0.717) is 0 Å². The fourth-order valence-electron chi connectivity index (χ4n) is 5.40. The molecule has 35 heavy (non-hydrogen) atoms. The molecule has 0 aliphatic heterocycles. The van der Waals surface area contributed by atoms with Gasteiger partial charge in [-0.05, 0) is 58.6 Å². The van der Waals surface area contributed by atoms with Gasteiger partial charge in [-0.25, -0.2) is 0 Å². The van der Waals surface area contributed by atoms with E-state index >= 15 is 0 Å². The minimum Gasteiger partial charge on any atom is -0.344 e. The van der Waals surface area contributed by atoms with Gasteiger partial charge in [0.15, 0.2) is 0 Å². The summed E-state index contributed by atoms with van der Waals surface area (Å²) in [6.07, 6.45) is 0. The Labute approximate surface area is 204 Å². The maximum Gasteiger partial charge on any atom is 0.0542 e. The van der Waals surface area contributed by atoms with Gasteiger partial charge in [-0.3, -0.25) is 0 Å². The zero-order valence-electron chi connectivity index (χ0n) is 19.5. The Morgan fingerprint density at radius 2 is 1.17 bits per heavy atom. The number of rotatable bonds is 3. The van der Waals surface area contributed by atoms with Crippen LogP contribution in [0.2, 0.25) is 0 Å². The molecule has 0 unspecified atom stereocenters. The molecule has 1 aromatic heterocycles. The first-order valence-corrected chi connectivity index (χ1v) is 12.0. The first-order chi connectivity index (χ1) is 17.3. The number of anilines is 2. The van der Waals surface area contributed by atoms with Gasteiger partial charge in [-0.2, -0.15) is 0 Å². The maximum atomic E-state index is 2.39. The van der Waals surface area contributed by atoms with Crippen LogP contribution in [0.4, 0.5) is 11.4 Å². The number of nitrogens with zero attached hydrogens (tertiary/aromatic N) is 2. The van der Waals surface area contributed by atoms with E-state index < -0.39 is 0 Å². The Morgan fingerprint density at radius 3 is 2.06 bits per heavy atom. The summed E-state index contributed by atoms with van der Waals surface area (Å²) in [5.74, 6) is 0. The molecule has 0 aliphatic rings. The van der Waals surface area contributed by atoms with Crippen LogP contribution in [0.25, 0.3) is 49.0 Å². The number of aromatic nitrogens is 1. The molecule has 166 valence electrons. The Balaban J connectivity index is 1.44. The lowest BCUT2D eigenvalue weighted by molar-refractivity contribution is 1.18. The first kappa shape index (κ1) is 19.9. The van der Waals surface area contributed by atoms with Crippen LogP contribution in [-0.4, -0.2) is 11.6 Å². The molecule has 7 rings (SSSR count). The summed E-state index contributed by atoms with van der Waals surface area (Å²) in [6, 6.07) is 45.9. The summed E-state index contributed by atoms with van der Waals surface area (Å²) < 4.78 is 2.39. The first-order valence-electron chi connectivity index (χ1n) is 12.0. The highest BCUT2D eigenvalue weighted by atomic mass is 15.1. The van der Waals surface area contributed by atoms with Gasteiger partial charge in [0.1, 0.15) is 0 Å². The highest BCUT2D eigenvalue weighted by Crippen LogP contribution is 2.37. The Morgan fingerprint density at radius 1 is 0.486 bits per heavy atom. The monoisotopic (exact) mass is 448 g/mol. The van der Waals surface area contributed by atoms with Crippen LogP contribution in [0, 0.1) is 0 Å². The lowest BCUT2D eigenvalue weighted by Gasteiger charge is -2.22. The second-order valence-electron chi connectivity index (χ2n) is 9.14. The predicted molar refractivity (Wildman–Crippen MR) is 150 cm³/mol. The predicted octanol–water partition coefficient (Wildman–Crippen LogP) is 8.86. The molecule has 0 radical (unpaired) electrons. The summed E-state index contributed by atoms with van der Waals surface area (Å²) in [5, 5.41) is 7.56. The standard InChI is InChI=1S/C33H24N2/c1-34(31-16-8-12-24-10-4-5-13-28(24)31)26-19-20-33-30(22-26)29-14-6-7-15-32(29)35(33)27-18-17-23-9-2-3-11-25(23)21-27/h2-22H,1H3. The third kappa shape index (κ3) is 3.11. The average Bonchev–Trinajstić information content (AvgIpc) is 3.26. The van der Waals surface area contributed by atoms with Gasteiger partial charge in [0, 0.05) is 40.3 Å². The molecule has 7 aromatic rings. The number of hydrogen-bond donors (Lipinski definition) is 0. The van der Waals surface area contributed by atoms with Gasteiger partial charge in [-0.1, -0.05) is 84.9 Å². The van der Waals surface area contributed by atoms with Crippen molar-refractivity contribution in [2.24, 2.45) is 0 Å². The number of para-hydroxylation sites is 1. The molecule has 0 N–H and O–H groups in total. The smallest absolute Gasteiger partial charge is 0.0542 e. The van der Waals surface area contributed by atoms with Crippen LogP contribution in [-0.2, 0) is 0 Å². The van der Waals surface area contributed by atoms with Crippen molar-refractivity contribution in [1.82, 2.24) is 4.57 Å². The van der Waals surface area contributed by atoms with Crippen molar-refractivity contribution < 1.29 is 0 Å². The second kappa shape index (κ2) is 7.75. The summed E-state index contributed by atoms with van der Waals surface area (Å²) in [6.45, 7) is 0. The van der Waals surface area contributed by atoms with Gasteiger partial charge in [0.2, 0.25) is 0 Å². The van der Waals surface area contributed by atoms with E-state index in [9.17, 15) is 0 Å². The summed E-state index contributed by atoms with van der Waals surface area (Å²) in [5.41, 5.74) is 6.01. The molecule has 2 nitrogen and oxygen atoms in total. The van der Waals surface area contributed by atoms with Gasteiger partial charge in [0.25, 0.3) is 0 Å². The van der Waals surface area contributed by atoms with E-state index in [2.05, 4.69) is 144 Å². The molecule has 0 atom stereocenters. The summed E-state index contributed by atoms with van der Waals surface area (Å²) in [4.78, 5) is 2.30. The number of hydrogen-bond acceptors (Lipinski definition) is 1. The van der Waals surface area contributed by atoms with Crippen molar-refractivity contribution >= 4 is 54.7 Å². The highest BCUT2D eigenvalue weighted by molar-refractivity contribution is 6.11. The Hall–Kier alpha value is -4.56. The van der Waals surface area contributed by atoms with E-state index in [4.69, 9.17) is 0 Å². The second-order valence-corrected chi connectivity index (χ2v) is 9.14. The van der Waals surface area contributed by atoms with Crippen LogP contribution in [0.5, 0.6) is 0 Å². The van der Waals surface area contributed by atoms with Crippen molar-refractivity contribution in [3.63, 3.8) is 0 Å². The Bertz CT molecular complexity index is 1870. The Kier molecular flexibility index (Phi) is 4.40. The molecular formula is C33H24N2. The van der Waals surface area contributed by atoms with E-state index in [1.54, 1.807) is 0 Å². The minimum absolute atomic E-state index is 1.18. The summed E-state index contributed by atoms with van der Waals surface area (Å²) in [7, 11) is 2.16. The molecule has 0 spiro atoms. The third-order valence-electron chi connectivity index (χ3n) is 7.16. The van der Waals surface area contributed by atoms with E-state index in [1.807, 2.05) is 0 Å². The lowest BCUT2D eigenvalue weighted by atomic mass is 10.1. The van der Waals surface area contributed by atoms with Crippen molar-refractivity contribution in [3.8, 4) is 5.69 Å². The van der Waals surface area contributed by atoms with Gasteiger partial charge in [0.05, 0.1) is 11.0 Å². The molecule has 0 bridgehead atoms. The largest absolute Gasteiger partial charge is 0.344 e. The molecule has 0 amide bonds. The zero-order valence-corrected chi connectivity index (χ0v) is 19.5. The van der Waals surface area contributed by atoms with Gasteiger partial charge < -0.3 is 9.47 Å². The third-order valence-corrected chi connectivity index (χ3v) is 7.16. The van der Waals surface area contributed by atoms with Crippen molar-refractivity contribution in [3.05, 3.63) is 127 Å². The molecule has 0 saturated heterocycles. The van der Waals surface area contributed by atoms with Crippen LogP contribution >= 0.6 is 0 Å². The fraction of sp³-hybridized carbons (Fsp3) is 0.0303. The molecule has 0 fully saturated rings. The van der Waals surface area contributed by atoms with E-state index in [0.717, 1.165) is 0 Å². The number of fused-ring (bicyclic) bond motifs is 5. The molecule has 2 heteroatoms.